The molecule has 0 aromatic heterocycles. The van der Waals surface area contributed by atoms with Gasteiger partial charge in [0.05, 0.1) is 25.0 Å². The van der Waals surface area contributed by atoms with Crippen LogP contribution >= 0.6 is 0 Å². The van der Waals surface area contributed by atoms with Crippen molar-refractivity contribution in [2.24, 2.45) is 11.0 Å². The molecule has 1 heterocycles. The molecule has 0 saturated carbocycles. The monoisotopic (exact) mass is 503 g/mol. The minimum atomic E-state index is -0.625. The van der Waals surface area contributed by atoms with E-state index in [2.05, 4.69) is 10.5 Å². The summed E-state index contributed by atoms with van der Waals surface area (Å²) in [6, 6.07) is 6.75. The van der Waals surface area contributed by atoms with Crippen LogP contribution in [0.5, 0.6) is 0 Å². The maximum absolute atomic E-state index is 12.5. The lowest BCUT2D eigenvalue weighted by Crippen LogP contribution is -2.41. The van der Waals surface area contributed by atoms with Crippen molar-refractivity contribution in [3.63, 3.8) is 0 Å². The lowest BCUT2D eigenvalue weighted by atomic mass is 10.0. The number of hydrazone groups is 1. The topological polar surface area (TPSA) is 124 Å². The van der Waals surface area contributed by atoms with E-state index in [4.69, 9.17) is 14.2 Å². The summed E-state index contributed by atoms with van der Waals surface area (Å²) in [4.78, 5) is 49.9. The van der Waals surface area contributed by atoms with E-state index in [0.717, 1.165) is 0 Å². The number of hydrogen-bond donors (Lipinski definition) is 1. The van der Waals surface area contributed by atoms with Gasteiger partial charge in [-0.3, -0.25) is 9.59 Å². The number of nitrogens with zero attached hydrogens (tertiary/aromatic N) is 2. The summed E-state index contributed by atoms with van der Waals surface area (Å²) in [5.74, 6) is -0.342. The molecular weight excluding hydrogens is 466 g/mol. The van der Waals surface area contributed by atoms with Crippen LogP contribution in [0.4, 0.5) is 4.79 Å². The average Bonchev–Trinajstić information content (AvgIpc) is 2.85. The van der Waals surface area contributed by atoms with Crippen LogP contribution in [0.25, 0.3) is 0 Å². The Morgan fingerprint density at radius 2 is 1.72 bits per heavy atom. The second kappa shape index (κ2) is 15.0. The van der Waals surface area contributed by atoms with Gasteiger partial charge in [-0.05, 0) is 38.2 Å². The largest absolute Gasteiger partial charge is 0.461 e. The summed E-state index contributed by atoms with van der Waals surface area (Å²) in [7, 11) is 0. The maximum atomic E-state index is 12.5. The fourth-order valence-corrected chi connectivity index (χ4v) is 3.47. The molecule has 1 fully saturated rings. The molecule has 0 spiro atoms. The molecule has 0 unspecified atom stereocenters. The Kier molecular flexibility index (Phi) is 12.0. The number of carbonyl (C=O) groups is 4. The van der Waals surface area contributed by atoms with Crippen molar-refractivity contribution in [1.82, 2.24) is 10.3 Å². The normalized spacial score (nSPS) is 14.3. The van der Waals surface area contributed by atoms with Crippen molar-refractivity contribution >= 4 is 30.0 Å². The predicted octanol–water partition coefficient (Wildman–Crippen LogP) is 3.32. The van der Waals surface area contributed by atoms with E-state index in [-0.39, 0.29) is 55.2 Å². The number of carbonyl (C=O) groups excluding carboxylic acids is 4. The van der Waals surface area contributed by atoms with Gasteiger partial charge < -0.3 is 19.1 Å². The molecule has 10 heteroatoms. The number of likely N-dealkylation sites (tertiary alicyclic amines) is 1. The molecule has 10 nitrogen and oxygen atoms in total. The first-order valence-corrected chi connectivity index (χ1v) is 12.3. The van der Waals surface area contributed by atoms with Crippen LogP contribution in [-0.4, -0.2) is 73.4 Å². The Labute approximate surface area is 212 Å². The highest BCUT2D eigenvalue weighted by atomic mass is 16.6. The Morgan fingerprint density at radius 3 is 2.33 bits per heavy atom. The summed E-state index contributed by atoms with van der Waals surface area (Å²) in [5, 5.41) is 3.83. The lowest BCUT2D eigenvalue weighted by molar-refractivity contribution is -0.156. The Balaban J connectivity index is 1.69. The number of piperidine rings is 1. The summed E-state index contributed by atoms with van der Waals surface area (Å²) in [6.07, 6.45) is 2.10. The number of rotatable bonds is 12. The number of esters is 1. The second-order valence-corrected chi connectivity index (χ2v) is 9.34. The summed E-state index contributed by atoms with van der Waals surface area (Å²) < 4.78 is 15.6. The SMILES string of the molecule is CC(C)COC(=O)NN=Cc1ccc(C(=O)CCC(=O)N2CCC(OCC(=O)OC(C)C)CC2)cc1. The van der Waals surface area contributed by atoms with Gasteiger partial charge in [-0.15, -0.1) is 0 Å². The highest BCUT2D eigenvalue weighted by Gasteiger charge is 2.24. The molecule has 0 radical (unpaired) electrons. The van der Waals surface area contributed by atoms with Gasteiger partial charge in [-0.2, -0.15) is 5.10 Å². The molecular formula is C26H37N3O7. The number of nitrogens with one attached hydrogen (secondary N) is 1. The number of ketones is 1. The Morgan fingerprint density at radius 1 is 1.06 bits per heavy atom. The molecule has 1 aromatic carbocycles. The van der Waals surface area contributed by atoms with Crippen molar-refractivity contribution < 1.29 is 33.4 Å². The number of amides is 2. The van der Waals surface area contributed by atoms with Gasteiger partial charge in [0, 0.05) is 31.5 Å². The molecule has 1 saturated heterocycles. The van der Waals surface area contributed by atoms with E-state index in [0.29, 0.717) is 43.7 Å². The molecule has 1 aromatic rings. The van der Waals surface area contributed by atoms with Crippen molar-refractivity contribution in [3.8, 4) is 0 Å². The lowest BCUT2D eigenvalue weighted by Gasteiger charge is -2.31. The molecule has 1 aliphatic heterocycles. The standard InChI is InChI=1S/C26H37N3O7/c1-18(2)16-35-26(33)28-27-15-20-5-7-21(8-6-20)23(30)9-10-24(31)29-13-11-22(12-14-29)34-17-25(32)36-19(3)4/h5-8,15,18-19,22H,9-14,16-17H2,1-4H3,(H,28,33). The first kappa shape index (κ1) is 29.0. The third-order valence-electron chi connectivity index (χ3n) is 5.31. The molecule has 36 heavy (non-hydrogen) atoms. The van der Waals surface area contributed by atoms with Crippen LogP contribution in [0.15, 0.2) is 29.4 Å². The molecule has 198 valence electrons. The number of Topliss-reactive ketones (excluding diaryl/α,β-unsaturated/α-hetero) is 1. The molecule has 1 N–H and O–H groups in total. The van der Waals surface area contributed by atoms with Gasteiger partial charge >= 0.3 is 12.1 Å². The van der Waals surface area contributed by atoms with Gasteiger partial charge in [-0.1, -0.05) is 38.1 Å². The summed E-state index contributed by atoms with van der Waals surface area (Å²) in [5.41, 5.74) is 3.49. The molecule has 0 aliphatic carbocycles. The molecule has 0 bridgehead atoms. The molecule has 1 aliphatic rings. The average molecular weight is 504 g/mol. The zero-order valence-electron chi connectivity index (χ0n) is 21.5. The summed E-state index contributed by atoms with van der Waals surface area (Å²) >= 11 is 0. The van der Waals surface area contributed by atoms with E-state index < -0.39 is 6.09 Å². The van der Waals surface area contributed by atoms with Gasteiger partial charge in [0.1, 0.15) is 6.61 Å². The van der Waals surface area contributed by atoms with Crippen LogP contribution in [0.3, 0.4) is 0 Å². The third kappa shape index (κ3) is 11.0. The number of benzene rings is 1. The Bertz CT molecular complexity index is 905. The fourth-order valence-electron chi connectivity index (χ4n) is 3.47. The van der Waals surface area contributed by atoms with Crippen molar-refractivity contribution in [1.29, 1.82) is 0 Å². The van der Waals surface area contributed by atoms with Crippen LogP contribution in [0, 0.1) is 5.92 Å². The van der Waals surface area contributed by atoms with Crippen LogP contribution in [0.1, 0.15) is 69.3 Å². The van der Waals surface area contributed by atoms with Gasteiger partial charge in [0.2, 0.25) is 5.91 Å². The molecule has 2 rings (SSSR count). The van der Waals surface area contributed by atoms with E-state index in [9.17, 15) is 19.2 Å². The van der Waals surface area contributed by atoms with Crippen LogP contribution < -0.4 is 5.43 Å². The fraction of sp³-hybridized carbons (Fsp3) is 0.577. The first-order valence-electron chi connectivity index (χ1n) is 12.3. The van der Waals surface area contributed by atoms with Crippen LogP contribution in [-0.2, 0) is 23.8 Å². The predicted molar refractivity (Wildman–Crippen MR) is 134 cm³/mol. The minimum absolute atomic E-state index is 0.0693. The smallest absolute Gasteiger partial charge is 0.427 e. The van der Waals surface area contributed by atoms with E-state index >= 15 is 0 Å². The quantitative estimate of drug-likeness (QED) is 0.201. The van der Waals surface area contributed by atoms with Gasteiger partial charge in [-0.25, -0.2) is 15.0 Å². The first-order chi connectivity index (χ1) is 17.1. The maximum Gasteiger partial charge on any atom is 0.427 e. The van der Waals surface area contributed by atoms with Crippen molar-refractivity contribution in [2.45, 2.75) is 65.6 Å². The minimum Gasteiger partial charge on any atom is -0.461 e. The molecule has 0 atom stereocenters. The Hall–Kier alpha value is -3.27. The highest BCUT2D eigenvalue weighted by molar-refractivity contribution is 5.98. The van der Waals surface area contributed by atoms with Crippen molar-refractivity contribution in [3.05, 3.63) is 35.4 Å². The van der Waals surface area contributed by atoms with Gasteiger partial charge in [0.15, 0.2) is 5.78 Å². The van der Waals surface area contributed by atoms with E-state index in [1.165, 1.54) is 6.21 Å². The third-order valence-corrected chi connectivity index (χ3v) is 5.31. The zero-order chi connectivity index (χ0) is 26.5. The second-order valence-electron chi connectivity index (χ2n) is 9.34. The number of hydrogen-bond acceptors (Lipinski definition) is 8. The number of ether oxygens (including phenoxy) is 3. The van der Waals surface area contributed by atoms with Gasteiger partial charge in [0.25, 0.3) is 0 Å². The van der Waals surface area contributed by atoms with E-state index in [1.54, 1.807) is 43.0 Å². The molecule has 2 amide bonds. The zero-order valence-corrected chi connectivity index (χ0v) is 21.5. The van der Waals surface area contributed by atoms with Crippen molar-refractivity contribution in [2.75, 3.05) is 26.3 Å². The summed E-state index contributed by atoms with van der Waals surface area (Å²) in [6.45, 7) is 8.73. The highest BCUT2D eigenvalue weighted by Crippen LogP contribution is 2.16. The van der Waals surface area contributed by atoms with Crippen LogP contribution in [0.2, 0.25) is 0 Å². The van der Waals surface area contributed by atoms with E-state index in [1.807, 2.05) is 13.8 Å².